The van der Waals surface area contributed by atoms with Gasteiger partial charge in [0.05, 0.1) is 24.5 Å². The minimum Gasteiger partial charge on any atom is -0.453 e. The molecule has 3 aliphatic rings. The van der Waals surface area contributed by atoms with Crippen LogP contribution in [-0.4, -0.2) is 44.8 Å². The topological polar surface area (TPSA) is 69.0 Å². The smallest absolute Gasteiger partial charge is 0.453 e. The van der Waals surface area contributed by atoms with Crippen LogP contribution < -0.4 is 5.32 Å². The van der Waals surface area contributed by atoms with Crippen LogP contribution in [0.25, 0.3) is 0 Å². The van der Waals surface area contributed by atoms with Crippen LogP contribution in [0.3, 0.4) is 0 Å². The first-order chi connectivity index (χ1) is 9.80. The van der Waals surface area contributed by atoms with E-state index in [0.29, 0.717) is 12.8 Å². The molecule has 0 spiro atoms. The number of alkyl halides is 3. The van der Waals surface area contributed by atoms with E-state index in [-0.39, 0.29) is 18.5 Å². The molecule has 1 N–H and O–H groups in total. The van der Waals surface area contributed by atoms with Crippen molar-refractivity contribution in [1.82, 2.24) is 20.3 Å². The van der Waals surface area contributed by atoms with Crippen molar-refractivity contribution in [3.8, 4) is 0 Å². The van der Waals surface area contributed by atoms with Crippen molar-refractivity contribution in [2.24, 2.45) is 5.92 Å². The Balaban J connectivity index is 1.79. The van der Waals surface area contributed by atoms with E-state index in [1.165, 1.54) is 17.2 Å². The lowest BCUT2D eigenvalue weighted by Crippen LogP contribution is -2.77. The van der Waals surface area contributed by atoms with Gasteiger partial charge in [-0.15, -0.1) is 0 Å². The molecule has 21 heavy (non-hydrogen) atoms. The van der Waals surface area contributed by atoms with Gasteiger partial charge in [-0.2, -0.15) is 28.2 Å². The number of piperidine rings is 1. The number of nitrogens with one attached hydrogen (secondary N) is 1. The number of halogens is 3. The largest absolute Gasteiger partial charge is 0.490 e. The SMILES string of the molecule is CC1CC2CC(Cn3nccn3)(N2)C1OC(=O)C(F)(F)F. The van der Waals surface area contributed by atoms with E-state index in [0.717, 1.165) is 0 Å². The number of carbonyl (C=O) groups is 1. The van der Waals surface area contributed by atoms with Gasteiger partial charge < -0.3 is 10.1 Å². The molecule has 3 heterocycles. The zero-order valence-electron chi connectivity index (χ0n) is 11.3. The first-order valence-corrected chi connectivity index (χ1v) is 6.70. The summed E-state index contributed by atoms with van der Waals surface area (Å²) < 4.78 is 42.1. The first kappa shape index (κ1) is 14.3. The Morgan fingerprint density at radius 1 is 1.48 bits per heavy atom. The molecule has 1 aromatic heterocycles. The second-order valence-electron chi connectivity index (χ2n) is 5.80. The second kappa shape index (κ2) is 4.69. The Bertz CT molecular complexity index is 525. The highest BCUT2D eigenvalue weighted by atomic mass is 19.4. The van der Waals surface area contributed by atoms with E-state index in [1.807, 2.05) is 0 Å². The lowest BCUT2D eigenvalue weighted by molar-refractivity contribution is -0.221. The highest BCUT2D eigenvalue weighted by Gasteiger charge is 2.59. The highest BCUT2D eigenvalue weighted by molar-refractivity contribution is 5.76. The fourth-order valence-corrected chi connectivity index (χ4v) is 3.47. The molecule has 1 aromatic rings. The number of rotatable bonds is 3. The summed E-state index contributed by atoms with van der Waals surface area (Å²) in [6.45, 7) is 2.07. The fourth-order valence-electron chi connectivity index (χ4n) is 3.47. The van der Waals surface area contributed by atoms with Crippen molar-refractivity contribution in [2.45, 2.75) is 50.2 Å². The standard InChI is InChI=1S/C12H15F3N4O2/c1-7-4-8-5-11(18-8,6-19-16-2-3-17-19)9(7)21-10(20)12(13,14)15/h2-3,7-9,18H,4-6H2,1H3. The average molecular weight is 304 g/mol. The van der Waals surface area contributed by atoms with Crippen molar-refractivity contribution in [3.05, 3.63) is 12.4 Å². The second-order valence-corrected chi connectivity index (χ2v) is 5.80. The summed E-state index contributed by atoms with van der Waals surface area (Å²) in [5.41, 5.74) is -0.720. The molecule has 4 rings (SSSR count). The van der Waals surface area contributed by atoms with Gasteiger partial charge in [-0.1, -0.05) is 6.92 Å². The van der Waals surface area contributed by atoms with Crippen molar-refractivity contribution < 1.29 is 22.7 Å². The van der Waals surface area contributed by atoms with E-state index in [1.54, 1.807) is 6.92 Å². The van der Waals surface area contributed by atoms with Gasteiger partial charge in [0.2, 0.25) is 0 Å². The Kier molecular flexibility index (Phi) is 3.19. The summed E-state index contributed by atoms with van der Waals surface area (Å²) in [4.78, 5) is 12.6. The van der Waals surface area contributed by atoms with Gasteiger partial charge in [0.25, 0.3) is 0 Å². The molecule has 1 aliphatic carbocycles. The zero-order valence-corrected chi connectivity index (χ0v) is 11.3. The molecule has 1 saturated carbocycles. The third-order valence-electron chi connectivity index (χ3n) is 4.18. The lowest BCUT2D eigenvalue weighted by Gasteiger charge is -2.59. The third-order valence-corrected chi connectivity index (χ3v) is 4.18. The van der Waals surface area contributed by atoms with Crippen LogP contribution in [0.1, 0.15) is 19.8 Å². The van der Waals surface area contributed by atoms with Crippen LogP contribution in [-0.2, 0) is 16.1 Å². The monoisotopic (exact) mass is 304 g/mol. The van der Waals surface area contributed by atoms with Gasteiger partial charge in [-0.3, -0.25) is 0 Å². The van der Waals surface area contributed by atoms with E-state index in [9.17, 15) is 18.0 Å². The van der Waals surface area contributed by atoms with Crippen LogP contribution in [0.5, 0.6) is 0 Å². The predicted octanol–water partition coefficient (Wildman–Crippen LogP) is 0.893. The molecule has 6 nitrogen and oxygen atoms in total. The Morgan fingerprint density at radius 3 is 2.67 bits per heavy atom. The Morgan fingerprint density at radius 2 is 2.10 bits per heavy atom. The number of hydrogen-bond donors (Lipinski definition) is 1. The summed E-state index contributed by atoms with van der Waals surface area (Å²) in [6.07, 6.45) is -1.50. The van der Waals surface area contributed by atoms with Crippen molar-refractivity contribution in [3.63, 3.8) is 0 Å². The molecule has 2 bridgehead atoms. The minimum absolute atomic E-state index is 0.146. The van der Waals surface area contributed by atoms with Crippen LogP contribution in [0, 0.1) is 5.92 Å². The van der Waals surface area contributed by atoms with Gasteiger partial charge in [0.1, 0.15) is 6.10 Å². The van der Waals surface area contributed by atoms with Crippen molar-refractivity contribution in [2.75, 3.05) is 0 Å². The first-order valence-electron chi connectivity index (χ1n) is 6.70. The molecule has 3 fully saturated rings. The normalized spacial score (nSPS) is 35.1. The summed E-state index contributed by atoms with van der Waals surface area (Å²) in [6, 6.07) is 0.247. The van der Waals surface area contributed by atoms with Crippen LogP contribution in [0.15, 0.2) is 12.4 Å². The van der Waals surface area contributed by atoms with Gasteiger partial charge >= 0.3 is 12.1 Å². The molecular formula is C12H15F3N4O2. The Hall–Kier alpha value is -1.64. The van der Waals surface area contributed by atoms with Gasteiger partial charge in [0, 0.05) is 6.04 Å². The molecule has 0 radical (unpaired) electrons. The quantitative estimate of drug-likeness (QED) is 0.840. The maximum Gasteiger partial charge on any atom is 0.490 e. The summed E-state index contributed by atoms with van der Waals surface area (Å²) in [5.74, 6) is -2.29. The number of carbonyl (C=O) groups excluding carboxylic acids is 1. The molecule has 9 heteroatoms. The van der Waals surface area contributed by atoms with Crippen molar-refractivity contribution >= 4 is 5.97 Å². The molecule has 2 aliphatic heterocycles. The molecular weight excluding hydrogens is 289 g/mol. The lowest BCUT2D eigenvalue weighted by atomic mass is 9.64. The van der Waals surface area contributed by atoms with Crippen LogP contribution >= 0.6 is 0 Å². The van der Waals surface area contributed by atoms with E-state index in [4.69, 9.17) is 4.74 Å². The van der Waals surface area contributed by atoms with E-state index >= 15 is 0 Å². The van der Waals surface area contributed by atoms with E-state index < -0.39 is 23.8 Å². The summed E-state index contributed by atoms with van der Waals surface area (Å²) >= 11 is 0. The number of hydrogen-bond acceptors (Lipinski definition) is 5. The van der Waals surface area contributed by atoms with Gasteiger partial charge in [-0.25, -0.2) is 4.79 Å². The molecule has 2 saturated heterocycles. The summed E-state index contributed by atoms with van der Waals surface area (Å²) in [7, 11) is 0. The third kappa shape index (κ3) is 2.50. The molecule has 0 aromatic carbocycles. The predicted molar refractivity (Wildman–Crippen MR) is 64.0 cm³/mol. The van der Waals surface area contributed by atoms with Gasteiger partial charge in [0.15, 0.2) is 0 Å². The summed E-state index contributed by atoms with van der Waals surface area (Å²) in [5, 5.41) is 11.2. The van der Waals surface area contributed by atoms with Crippen LogP contribution in [0.2, 0.25) is 0 Å². The number of esters is 1. The maximum atomic E-state index is 12.4. The number of ether oxygens (including phenoxy) is 1. The average Bonchev–Trinajstić information content (AvgIpc) is 2.82. The Labute approximate surface area is 118 Å². The zero-order chi connectivity index (χ0) is 15.3. The molecule has 0 amide bonds. The fraction of sp³-hybridized carbons (Fsp3) is 0.750. The highest BCUT2D eigenvalue weighted by Crippen LogP contribution is 2.44. The molecule has 116 valence electrons. The van der Waals surface area contributed by atoms with Gasteiger partial charge in [-0.05, 0) is 18.8 Å². The number of nitrogens with zero attached hydrogens (tertiary/aromatic N) is 3. The molecule has 4 unspecified atom stereocenters. The van der Waals surface area contributed by atoms with Crippen LogP contribution in [0.4, 0.5) is 13.2 Å². The van der Waals surface area contributed by atoms with E-state index in [2.05, 4.69) is 15.5 Å². The van der Waals surface area contributed by atoms with Crippen molar-refractivity contribution in [1.29, 1.82) is 0 Å². The minimum atomic E-state index is -4.98. The maximum absolute atomic E-state index is 12.4. The number of aromatic nitrogens is 3. The number of fused-ring (bicyclic) bond motifs is 2. The molecule has 4 atom stereocenters.